The Morgan fingerprint density at radius 1 is 0.971 bits per heavy atom. The van der Waals surface area contributed by atoms with E-state index < -0.39 is 17.8 Å². The van der Waals surface area contributed by atoms with Gasteiger partial charge in [0.05, 0.1) is 18.4 Å². The van der Waals surface area contributed by atoms with Gasteiger partial charge in [-0.2, -0.15) is 13.2 Å². The number of rotatable bonds is 8. The molecule has 1 heterocycles. The van der Waals surface area contributed by atoms with Gasteiger partial charge in [-0.25, -0.2) is 4.79 Å². The predicted octanol–water partition coefficient (Wildman–Crippen LogP) is 5.52. The largest absolute Gasteiger partial charge is 0.467 e. The third-order valence-corrected chi connectivity index (χ3v) is 5.49. The van der Waals surface area contributed by atoms with E-state index in [1.807, 2.05) is 30.3 Å². The zero-order chi connectivity index (χ0) is 24.1. The molecule has 0 atom stereocenters. The van der Waals surface area contributed by atoms with E-state index in [0.717, 1.165) is 30.5 Å². The molecule has 0 bridgehead atoms. The van der Waals surface area contributed by atoms with Gasteiger partial charge in [0.1, 0.15) is 12.3 Å². The summed E-state index contributed by atoms with van der Waals surface area (Å²) in [5, 5.41) is 2.51. The predicted molar refractivity (Wildman–Crippen MR) is 120 cm³/mol. The second-order valence-corrected chi connectivity index (χ2v) is 8.18. The van der Waals surface area contributed by atoms with Crippen molar-refractivity contribution in [2.45, 2.75) is 38.1 Å². The number of benzene rings is 2. The Balaban J connectivity index is 1.47. The number of halogens is 3. The first-order valence-electron chi connectivity index (χ1n) is 10.9. The summed E-state index contributed by atoms with van der Waals surface area (Å²) in [6, 6.07) is 16.7. The minimum Gasteiger partial charge on any atom is -0.467 e. The molecule has 0 saturated heterocycles. The Hall–Kier alpha value is -3.75. The van der Waals surface area contributed by atoms with E-state index in [2.05, 4.69) is 5.32 Å². The average molecular weight is 471 g/mol. The summed E-state index contributed by atoms with van der Waals surface area (Å²) < 4.78 is 44.5. The van der Waals surface area contributed by atoms with Crippen molar-refractivity contribution in [3.05, 3.63) is 89.9 Å². The number of furan rings is 1. The molecule has 0 aliphatic heterocycles. The second-order valence-electron chi connectivity index (χ2n) is 8.18. The van der Waals surface area contributed by atoms with Crippen LogP contribution < -0.4 is 5.32 Å². The molecule has 0 radical (unpaired) electrons. The van der Waals surface area contributed by atoms with Crippen molar-refractivity contribution in [3.63, 3.8) is 0 Å². The minimum atomic E-state index is -4.52. The lowest BCUT2D eigenvalue weighted by atomic mass is 10.2. The highest BCUT2D eigenvalue weighted by molar-refractivity contribution is 5.93. The zero-order valence-electron chi connectivity index (χ0n) is 18.3. The maximum Gasteiger partial charge on any atom is 0.416 e. The van der Waals surface area contributed by atoms with Crippen LogP contribution in [-0.4, -0.2) is 34.3 Å². The Labute approximate surface area is 195 Å². The molecule has 1 fully saturated rings. The summed E-state index contributed by atoms with van der Waals surface area (Å²) in [7, 11) is 0. The number of carbonyl (C=O) groups is 2. The first-order valence-corrected chi connectivity index (χ1v) is 10.9. The quantitative estimate of drug-likeness (QED) is 0.470. The Kier molecular flexibility index (Phi) is 6.90. The number of urea groups is 1. The zero-order valence-corrected chi connectivity index (χ0v) is 18.3. The minimum absolute atomic E-state index is 0.0228. The molecule has 0 unspecified atom stereocenters. The van der Waals surface area contributed by atoms with Crippen LogP contribution in [0.5, 0.6) is 0 Å². The van der Waals surface area contributed by atoms with Crippen molar-refractivity contribution in [2.24, 2.45) is 0 Å². The number of amides is 3. The van der Waals surface area contributed by atoms with Crippen LogP contribution in [0.15, 0.2) is 77.4 Å². The van der Waals surface area contributed by atoms with Gasteiger partial charge in [-0.1, -0.05) is 36.4 Å². The standard InChI is InChI=1S/C25H24F3N3O3/c26-25(27,28)19-8-4-9-20(14-19)29-24(33)31(21-11-12-21)17-23(32)30(16-22-10-5-13-34-22)15-18-6-2-1-3-7-18/h1-10,13-14,21H,11-12,15-17H2,(H,29,33). The third-order valence-electron chi connectivity index (χ3n) is 5.49. The van der Waals surface area contributed by atoms with E-state index in [9.17, 15) is 22.8 Å². The van der Waals surface area contributed by atoms with E-state index >= 15 is 0 Å². The van der Waals surface area contributed by atoms with Crippen molar-refractivity contribution < 1.29 is 27.2 Å². The molecule has 9 heteroatoms. The van der Waals surface area contributed by atoms with E-state index in [4.69, 9.17) is 4.42 Å². The molecule has 2 aromatic carbocycles. The number of carbonyl (C=O) groups excluding carboxylic acids is 2. The molecule has 1 N–H and O–H groups in total. The molecule has 3 aromatic rings. The van der Waals surface area contributed by atoms with E-state index in [-0.39, 0.29) is 30.7 Å². The SMILES string of the molecule is O=C(CN(C(=O)Nc1cccc(C(F)(F)F)c1)C1CC1)N(Cc1ccccc1)Cc1ccco1. The maximum absolute atomic E-state index is 13.3. The van der Waals surface area contributed by atoms with Gasteiger partial charge in [-0.15, -0.1) is 0 Å². The van der Waals surface area contributed by atoms with Gasteiger partial charge in [0.2, 0.25) is 5.91 Å². The molecule has 6 nitrogen and oxygen atoms in total. The molecule has 1 aliphatic carbocycles. The Bertz CT molecular complexity index is 1110. The van der Waals surface area contributed by atoms with Crippen LogP contribution in [0.1, 0.15) is 29.7 Å². The molecule has 1 aromatic heterocycles. The van der Waals surface area contributed by atoms with Gasteiger partial charge < -0.3 is 19.5 Å². The summed E-state index contributed by atoms with van der Waals surface area (Å²) >= 11 is 0. The molecular weight excluding hydrogens is 447 g/mol. The van der Waals surface area contributed by atoms with Gasteiger partial charge in [0.15, 0.2) is 0 Å². The highest BCUT2D eigenvalue weighted by atomic mass is 19.4. The fraction of sp³-hybridized carbons (Fsp3) is 0.280. The molecule has 1 saturated carbocycles. The van der Waals surface area contributed by atoms with Crippen LogP contribution in [0.2, 0.25) is 0 Å². The Morgan fingerprint density at radius 3 is 2.38 bits per heavy atom. The molecule has 178 valence electrons. The van der Waals surface area contributed by atoms with Crippen molar-refractivity contribution in [3.8, 4) is 0 Å². The lowest BCUT2D eigenvalue weighted by Gasteiger charge is -2.27. The lowest BCUT2D eigenvalue weighted by Crippen LogP contribution is -2.45. The van der Waals surface area contributed by atoms with Gasteiger partial charge in [0, 0.05) is 18.3 Å². The maximum atomic E-state index is 13.3. The van der Waals surface area contributed by atoms with Crippen LogP contribution in [-0.2, 0) is 24.1 Å². The number of anilines is 1. The first-order chi connectivity index (χ1) is 16.3. The molecule has 0 spiro atoms. The summed E-state index contributed by atoms with van der Waals surface area (Å²) in [6.07, 6.45) is -1.52. The topological polar surface area (TPSA) is 65.8 Å². The number of hydrogen-bond acceptors (Lipinski definition) is 3. The van der Waals surface area contributed by atoms with Crippen molar-refractivity contribution in [2.75, 3.05) is 11.9 Å². The summed E-state index contributed by atoms with van der Waals surface area (Å²) in [4.78, 5) is 29.2. The van der Waals surface area contributed by atoms with Crippen LogP contribution in [0.3, 0.4) is 0 Å². The molecule has 34 heavy (non-hydrogen) atoms. The van der Waals surface area contributed by atoms with Crippen molar-refractivity contribution in [1.82, 2.24) is 9.80 Å². The molecule has 4 rings (SSSR count). The fourth-order valence-electron chi connectivity index (χ4n) is 3.59. The Morgan fingerprint density at radius 2 is 1.74 bits per heavy atom. The van der Waals surface area contributed by atoms with Crippen LogP contribution in [0.25, 0.3) is 0 Å². The van der Waals surface area contributed by atoms with E-state index in [1.165, 1.54) is 23.3 Å². The average Bonchev–Trinajstić information content (AvgIpc) is 3.52. The highest BCUT2D eigenvalue weighted by Gasteiger charge is 2.35. The first kappa shape index (κ1) is 23.4. The normalized spacial score (nSPS) is 13.4. The molecular formula is C25H24F3N3O3. The van der Waals surface area contributed by atoms with E-state index in [1.54, 1.807) is 17.0 Å². The lowest BCUT2D eigenvalue weighted by molar-refractivity contribution is -0.137. The second kappa shape index (κ2) is 10.0. The number of nitrogens with zero attached hydrogens (tertiary/aromatic N) is 2. The summed E-state index contributed by atoms with van der Waals surface area (Å²) in [6.45, 7) is 0.367. The van der Waals surface area contributed by atoms with Crippen LogP contribution in [0, 0.1) is 0 Å². The fourth-order valence-corrected chi connectivity index (χ4v) is 3.59. The molecule has 3 amide bonds. The third kappa shape index (κ3) is 6.18. The van der Waals surface area contributed by atoms with Gasteiger partial charge in [-0.05, 0) is 48.7 Å². The highest BCUT2D eigenvalue weighted by Crippen LogP contribution is 2.31. The number of nitrogens with one attached hydrogen (secondary N) is 1. The smallest absolute Gasteiger partial charge is 0.416 e. The number of hydrogen-bond donors (Lipinski definition) is 1. The van der Waals surface area contributed by atoms with Gasteiger partial charge in [-0.3, -0.25) is 4.79 Å². The summed E-state index contributed by atoms with van der Waals surface area (Å²) in [5.74, 6) is 0.321. The van der Waals surface area contributed by atoms with Gasteiger partial charge in [0.25, 0.3) is 0 Å². The van der Waals surface area contributed by atoms with Crippen LogP contribution in [0.4, 0.5) is 23.7 Å². The molecule has 1 aliphatic rings. The van der Waals surface area contributed by atoms with Gasteiger partial charge >= 0.3 is 12.2 Å². The van der Waals surface area contributed by atoms with Crippen molar-refractivity contribution in [1.29, 1.82) is 0 Å². The number of alkyl halides is 3. The van der Waals surface area contributed by atoms with E-state index in [0.29, 0.717) is 12.3 Å². The van der Waals surface area contributed by atoms with Crippen molar-refractivity contribution >= 4 is 17.6 Å². The summed E-state index contributed by atoms with van der Waals surface area (Å²) in [5.41, 5.74) is 0.0929. The van der Waals surface area contributed by atoms with Crippen LogP contribution >= 0.6 is 0 Å². The monoisotopic (exact) mass is 471 g/mol.